The highest BCUT2D eigenvalue weighted by molar-refractivity contribution is 5.95. The number of anilines is 1. The van der Waals surface area contributed by atoms with E-state index >= 15 is 0 Å². The molecule has 8 nitrogen and oxygen atoms in total. The summed E-state index contributed by atoms with van der Waals surface area (Å²) in [7, 11) is 3.55. The van der Waals surface area contributed by atoms with Crippen LogP contribution < -0.4 is 5.73 Å². The van der Waals surface area contributed by atoms with Gasteiger partial charge < -0.3 is 15.7 Å². The summed E-state index contributed by atoms with van der Waals surface area (Å²) in [5.74, 6) is -0.169. The van der Waals surface area contributed by atoms with Crippen molar-refractivity contribution in [1.82, 2.24) is 19.8 Å². The Bertz CT molecular complexity index is 1420. The van der Waals surface area contributed by atoms with Crippen molar-refractivity contribution in [2.75, 3.05) is 39.5 Å². The second-order valence-electron chi connectivity index (χ2n) is 10.9. The van der Waals surface area contributed by atoms with Gasteiger partial charge in [0.15, 0.2) is 0 Å². The molecule has 3 heterocycles. The first-order valence-corrected chi connectivity index (χ1v) is 13.4. The van der Waals surface area contributed by atoms with Gasteiger partial charge in [-0.25, -0.2) is 9.78 Å². The monoisotopic (exact) mass is 525 g/mol. The third kappa shape index (κ3) is 5.56. The number of carboxylic acid groups (broad SMARTS) is 1. The zero-order chi connectivity index (χ0) is 27.7. The molecule has 1 amide bonds. The van der Waals surface area contributed by atoms with Crippen LogP contribution >= 0.6 is 0 Å². The number of nitrogens with two attached hydrogens (primary N) is 1. The molecule has 0 spiro atoms. The van der Waals surface area contributed by atoms with Gasteiger partial charge in [0.2, 0.25) is 0 Å². The van der Waals surface area contributed by atoms with Gasteiger partial charge in [-0.3, -0.25) is 14.7 Å². The normalized spacial score (nSPS) is 17.8. The molecule has 0 bridgehead atoms. The maximum Gasteiger partial charge on any atom is 0.339 e. The molecule has 202 valence electrons. The van der Waals surface area contributed by atoms with Gasteiger partial charge in [-0.15, -0.1) is 0 Å². The van der Waals surface area contributed by atoms with Crippen LogP contribution in [-0.2, 0) is 6.42 Å². The van der Waals surface area contributed by atoms with Crippen molar-refractivity contribution in [1.29, 1.82) is 0 Å². The van der Waals surface area contributed by atoms with Crippen LogP contribution in [0.4, 0.5) is 5.82 Å². The second-order valence-corrected chi connectivity index (χ2v) is 10.9. The number of aromatic nitrogens is 2. The van der Waals surface area contributed by atoms with Crippen LogP contribution in [0.25, 0.3) is 17.2 Å². The lowest BCUT2D eigenvalue weighted by molar-refractivity contribution is 0.0697. The maximum atomic E-state index is 12.2. The van der Waals surface area contributed by atoms with Crippen molar-refractivity contribution in [3.63, 3.8) is 0 Å². The van der Waals surface area contributed by atoms with Crippen LogP contribution in [0.15, 0.2) is 54.4 Å². The largest absolute Gasteiger partial charge is 0.478 e. The highest BCUT2D eigenvalue weighted by atomic mass is 16.4. The number of hydrogen-bond acceptors (Lipinski definition) is 6. The SMILES string of the molecule is CC1Cc2nccc(-c3cnc(N)c(C(=O)O)c3)c2C=C1CN1CCC(c2ccc(C(=O)N(C)C)cc2)CC1. The Kier molecular flexibility index (Phi) is 7.48. The lowest BCUT2D eigenvalue weighted by Crippen LogP contribution is -2.36. The molecule has 3 N–H and O–H groups in total. The average Bonchev–Trinajstić information content (AvgIpc) is 2.93. The molecule has 1 fully saturated rings. The smallest absolute Gasteiger partial charge is 0.339 e. The van der Waals surface area contributed by atoms with Gasteiger partial charge in [0.25, 0.3) is 5.91 Å². The maximum absolute atomic E-state index is 12.2. The van der Waals surface area contributed by atoms with Gasteiger partial charge in [-0.1, -0.05) is 30.7 Å². The third-order valence-corrected chi connectivity index (χ3v) is 8.02. The molecule has 1 atom stereocenters. The Labute approximate surface area is 229 Å². The number of benzene rings is 1. The number of hydrogen-bond donors (Lipinski definition) is 2. The Morgan fingerprint density at radius 1 is 1.10 bits per heavy atom. The number of carbonyl (C=O) groups excluding carboxylic acids is 1. The van der Waals surface area contributed by atoms with Gasteiger partial charge in [-0.2, -0.15) is 0 Å². The number of nitrogens with zero attached hydrogens (tertiary/aromatic N) is 4. The van der Waals surface area contributed by atoms with Gasteiger partial charge in [0.1, 0.15) is 11.4 Å². The van der Waals surface area contributed by atoms with Gasteiger partial charge >= 0.3 is 5.97 Å². The van der Waals surface area contributed by atoms with Crippen LogP contribution in [0.3, 0.4) is 0 Å². The molecule has 2 aromatic heterocycles. The number of rotatable bonds is 6. The number of pyridine rings is 2. The summed E-state index contributed by atoms with van der Waals surface area (Å²) in [6.45, 7) is 5.19. The highest BCUT2D eigenvalue weighted by Crippen LogP contribution is 2.36. The van der Waals surface area contributed by atoms with Crippen LogP contribution in [0.2, 0.25) is 0 Å². The van der Waals surface area contributed by atoms with Crippen LogP contribution in [-0.4, -0.2) is 70.5 Å². The van der Waals surface area contributed by atoms with Crippen molar-refractivity contribution in [3.05, 3.63) is 82.3 Å². The molecule has 5 rings (SSSR count). The topological polar surface area (TPSA) is 113 Å². The first-order valence-electron chi connectivity index (χ1n) is 13.4. The van der Waals surface area contributed by atoms with Crippen molar-refractivity contribution in [2.45, 2.75) is 32.1 Å². The number of fused-ring (bicyclic) bond motifs is 1. The van der Waals surface area contributed by atoms with E-state index in [1.54, 1.807) is 37.5 Å². The summed E-state index contributed by atoms with van der Waals surface area (Å²) in [4.78, 5) is 36.7. The molecule has 1 saturated heterocycles. The summed E-state index contributed by atoms with van der Waals surface area (Å²) >= 11 is 0. The zero-order valence-electron chi connectivity index (χ0n) is 22.7. The lowest BCUT2D eigenvalue weighted by Gasteiger charge is -2.35. The van der Waals surface area contributed by atoms with Gasteiger partial charge in [0, 0.05) is 55.4 Å². The predicted octanol–water partition coefficient (Wildman–Crippen LogP) is 4.58. The molecule has 1 aromatic carbocycles. The average molecular weight is 526 g/mol. The number of likely N-dealkylation sites (tertiary alicyclic amines) is 1. The lowest BCUT2D eigenvalue weighted by atomic mass is 9.83. The van der Waals surface area contributed by atoms with E-state index in [0.717, 1.165) is 66.8 Å². The number of nitrogen functional groups attached to an aromatic ring is 1. The van der Waals surface area contributed by atoms with Crippen molar-refractivity contribution in [3.8, 4) is 11.1 Å². The summed E-state index contributed by atoms with van der Waals surface area (Å²) in [6, 6.07) is 11.6. The van der Waals surface area contributed by atoms with Gasteiger partial charge in [0.05, 0.1) is 0 Å². The first kappa shape index (κ1) is 26.6. The summed E-state index contributed by atoms with van der Waals surface area (Å²) in [6.07, 6.45) is 8.68. The molecule has 3 aromatic rings. The fraction of sp³-hybridized carbons (Fsp3) is 0.355. The molecular weight excluding hydrogens is 490 g/mol. The van der Waals surface area contributed by atoms with E-state index < -0.39 is 5.97 Å². The molecule has 0 saturated carbocycles. The number of amides is 1. The van der Waals surface area contributed by atoms with E-state index in [1.165, 1.54) is 11.1 Å². The van der Waals surface area contributed by atoms with E-state index in [1.807, 2.05) is 18.2 Å². The summed E-state index contributed by atoms with van der Waals surface area (Å²) < 4.78 is 0. The molecule has 1 aliphatic carbocycles. The van der Waals surface area contributed by atoms with Crippen molar-refractivity contribution >= 4 is 23.8 Å². The Morgan fingerprint density at radius 2 is 1.82 bits per heavy atom. The van der Waals surface area contributed by atoms with Crippen molar-refractivity contribution < 1.29 is 14.7 Å². The quantitative estimate of drug-likeness (QED) is 0.484. The Balaban J connectivity index is 1.30. The van der Waals surface area contributed by atoms with Crippen molar-refractivity contribution in [2.24, 2.45) is 5.92 Å². The third-order valence-electron chi connectivity index (χ3n) is 8.02. The Hall–Kier alpha value is -4.04. The minimum atomic E-state index is -1.09. The van der Waals surface area contributed by atoms with Crippen LogP contribution in [0.5, 0.6) is 0 Å². The molecule has 0 radical (unpaired) electrons. The molecule has 2 aliphatic rings. The fourth-order valence-electron chi connectivity index (χ4n) is 5.67. The number of aromatic carboxylic acids is 1. The van der Waals surface area contributed by atoms with Crippen LogP contribution in [0, 0.1) is 5.92 Å². The molecule has 8 heteroatoms. The minimum Gasteiger partial charge on any atom is -0.478 e. The molecule has 1 unspecified atom stereocenters. The number of carboxylic acids is 1. The first-order chi connectivity index (χ1) is 18.7. The minimum absolute atomic E-state index is 0.00764. The number of piperidine rings is 1. The standard InChI is InChI=1S/C31H35N5O3/c1-19-14-28-26(25(8-11-33-28)23-15-27(31(38)39)29(32)34-17-23)16-24(19)18-36-12-9-21(10-13-36)20-4-6-22(7-5-20)30(37)35(2)3/h4-8,11,15-17,19,21H,9-10,12-14,18H2,1-3H3,(H2,32,34)(H,38,39). The van der Waals surface area contributed by atoms with E-state index in [9.17, 15) is 14.7 Å². The number of carbonyl (C=O) groups is 2. The molecule has 39 heavy (non-hydrogen) atoms. The highest BCUT2D eigenvalue weighted by Gasteiger charge is 2.26. The second kappa shape index (κ2) is 11.0. The molecular formula is C31H35N5O3. The Morgan fingerprint density at radius 3 is 2.49 bits per heavy atom. The zero-order valence-corrected chi connectivity index (χ0v) is 22.7. The van der Waals surface area contributed by atoms with E-state index in [2.05, 4.69) is 40.0 Å². The summed E-state index contributed by atoms with van der Waals surface area (Å²) in [5.41, 5.74) is 12.9. The van der Waals surface area contributed by atoms with Crippen LogP contribution in [0.1, 0.15) is 63.2 Å². The van der Waals surface area contributed by atoms with E-state index in [-0.39, 0.29) is 17.3 Å². The molecule has 1 aliphatic heterocycles. The van der Waals surface area contributed by atoms with E-state index in [4.69, 9.17) is 5.73 Å². The summed E-state index contributed by atoms with van der Waals surface area (Å²) in [5, 5.41) is 9.51. The van der Waals surface area contributed by atoms with E-state index in [0.29, 0.717) is 11.8 Å². The van der Waals surface area contributed by atoms with Gasteiger partial charge in [-0.05, 0) is 79.6 Å². The fourth-order valence-corrected chi connectivity index (χ4v) is 5.67. The predicted molar refractivity (Wildman–Crippen MR) is 153 cm³/mol.